The topological polar surface area (TPSA) is 110 Å². The maximum atomic E-state index is 13.6. The Bertz CT molecular complexity index is 1490. The average molecular weight is 537 g/mol. The minimum atomic E-state index is -2.83. The summed E-state index contributed by atoms with van der Waals surface area (Å²) < 4.78 is 32.5. The highest BCUT2D eigenvalue weighted by atomic mass is 32.1. The first-order valence-electron chi connectivity index (χ1n) is 12.2. The largest absolute Gasteiger partial charge is 0.494 e. The summed E-state index contributed by atoms with van der Waals surface area (Å²) in [6, 6.07) is 2.75. The number of nitrogens with zero attached hydrogens (tertiary/aromatic N) is 5. The van der Waals surface area contributed by atoms with Gasteiger partial charge in [-0.3, -0.25) is 24.8 Å². The molecule has 4 fully saturated rings. The van der Waals surface area contributed by atoms with Crippen molar-refractivity contribution in [2.45, 2.75) is 32.1 Å². The van der Waals surface area contributed by atoms with Crippen molar-refractivity contribution in [1.82, 2.24) is 20.2 Å². The lowest BCUT2D eigenvalue weighted by Gasteiger charge is -2.45. The zero-order valence-corrected chi connectivity index (χ0v) is 21.1. The predicted molar refractivity (Wildman–Crippen MR) is 135 cm³/mol. The summed E-state index contributed by atoms with van der Waals surface area (Å²) in [6.07, 6.45) is 3.60. The average Bonchev–Trinajstić information content (AvgIpc) is 3.63. The van der Waals surface area contributed by atoms with E-state index in [4.69, 9.17) is 4.74 Å². The minimum Gasteiger partial charge on any atom is -0.494 e. The van der Waals surface area contributed by atoms with Crippen molar-refractivity contribution >= 4 is 34.1 Å². The third kappa shape index (κ3) is 4.69. The fourth-order valence-corrected chi connectivity index (χ4v) is 5.29. The van der Waals surface area contributed by atoms with Crippen LogP contribution in [0.2, 0.25) is 0 Å². The number of aromatic nitrogens is 4. The summed E-state index contributed by atoms with van der Waals surface area (Å²) in [6.45, 7) is 0.526. The van der Waals surface area contributed by atoms with Gasteiger partial charge in [0.2, 0.25) is 11.0 Å². The molecule has 2 bridgehead atoms. The molecule has 0 spiro atoms. The lowest BCUT2D eigenvalue weighted by Crippen LogP contribution is -2.53. The van der Waals surface area contributed by atoms with Crippen LogP contribution in [-0.2, 0) is 4.79 Å². The number of rotatable bonds is 6. The first kappa shape index (κ1) is 24.4. The molecule has 12 heteroatoms. The quantitative estimate of drug-likeness (QED) is 0.467. The highest BCUT2D eigenvalue weighted by Gasteiger charge is 2.44. The van der Waals surface area contributed by atoms with E-state index in [0.29, 0.717) is 29.2 Å². The SMILES string of the molecule is COc1cnc(C(F)F)cc1-c1cc(N2CC3CC(C3)C2=O)ncc1C(=O)Nc1nnc(C#CC2CC2)s1. The number of hydrogen-bond donors (Lipinski definition) is 1. The second kappa shape index (κ2) is 9.72. The molecule has 2 saturated carbocycles. The Balaban J connectivity index is 1.38. The van der Waals surface area contributed by atoms with E-state index in [1.807, 2.05) is 0 Å². The van der Waals surface area contributed by atoms with Crippen LogP contribution in [0.25, 0.3) is 11.1 Å². The third-order valence-electron chi connectivity index (χ3n) is 6.93. The van der Waals surface area contributed by atoms with E-state index >= 15 is 0 Å². The maximum Gasteiger partial charge on any atom is 0.280 e. The van der Waals surface area contributed by atoms with Crippen molar-refractivity contribution in [3.8, 4) is 28.7 Å². The van der Waals surface area contributed by atoms with Crippen molar-refractivity contribution < 1.29 is 23.1 Å². The number of pyridine rings is 2. The molecule has 3 aromatic rings. The standard InChI is InChI=1S/C26H22F2N6O3S/c1-37-20-11-29-19(23(27)28)8-17(20)16-9-21(34-12-14-6-15(7-14)25(34)36)30-10-18(16)24(35)31-26-33-32-22(38-26)5-4-13-2-3-13/h8-11,13-15,23H,2-3,6-7,12H2,1H3,(H,31,33,35). The molecule has 5 heterocycles. The van der Waals surface area contributed by atoms with Crippen molar-refractivity contribution in [3.05, 3.63) is 40.8 Å². The Morgan fingerprint density at radius 1 is 1.18 bits per heavy atom. The molecule has 194 valence electrons. The number of ether oxygens (including phenoxy) is 1. The van der Waals surface area contributed by atoms with E-state index in [9.17, 15) is 18.4 Å². The van der Waals surface area contributed by atoms with Gasteiger partial charge < -0.3 is 4.74 Å². The van der Waals surface area contributed by atoms with Gasteiger partial charge in [-0.15, -0.1) is 10.2 Å². The number of amides is 2. The zero-order chi connectivity index (χ0) is 26.4. The van der Waals surface area contributed by atoms with Gasteiger partial charge in [0.15, 0.2) is 5.01 Å². The summed E-state index contributed by atoms with van der Waals surface area (Å²) in [7, 11) is 1.39. The third-order valence-corrected chi connectivity index (χ3v) is 7.68. The van der Waals surface area contributed by atoms with E-state index in [2.05, 4.69) is 37.3 Å². The van der Waals surface area contributed by atoms with Gasteiger partial charge in [-0.1, -0.05) is 17.3 Å². The van der Waals surface area contributed by atoms with Gasteiger partial charge in [-0.25, -0.2) is 13.8 Å². The first-order chi connectivity index (χ1) is 18.4. The van der Waals surface area contributed by atoms with Gasteiger partial charge in [0.1, 0.15) is 17.3 Å². The van der Waals surface area contributed by atoms with E-state index in [1.165, 1.54) is 25.6 Å². The summed E-state index contributed by atoms with van der Waals surface area (Å²) in [5, 5.41) is 11.4. The summed E-state index contributed by atoms with van der Waals surface area (Å²) >= 11 is 1.14. The Kier molecular flexibility index (Phi) is 6.23. The molecule has 2 amide bonds. The number of fused-ring (bicyclic) bond motifs is 2. The van der Waals surface area contributed by atoms with Crippen LogP contribution in [0, 0.1) is 29.6 Å². The Labute approximate surface area is 220 Å². The zero-order valence-electron chi connectivity index (χ0n) is 20.3. The molecule has 0 unspecified atom stereocenters. The van der Waals surface area contributed by atoms with Gasteiger partial charge in [0, 0.05) is 35.7 Å². The first-order valence-corrected chi connectivity index (χ1v) is 13.0. The smallest absolute Gasteiger partial charge is 0.280 e. The number of carbonyl (C=O) groups is 2. The van der Waals surface area contributed by atoms with Gasteiger partial charge >= 0.3 is 0 Å². The second-order valence-corrected chi connectivity index (χ2v) is 10.6. The Morgan fingerprint density at radius 2 is 2.00 bits per heavy atom. The fraction of sp³-hybridized carbons (Fsp3) is 0.385. The number of halogens is 2. The lowest BCUT2D eigenvalue weighted by atomic mass is 9.70. The minimum absolute atomic E-state index is 0.0215. The molecule has 1 N–H and O–H groups in total. The van der Waals surface area contributed by atoms with Gasteiger partial charge in [-0.05, 0) is 49.7 Å². The molecule has 9 nitrogen and oxygen atoms in total. The van der Waals surface area contributed by atoms with Gasteiger partial charge in [0.05, 0.1) is 18.9 Å². The molecule has 2 aliphatic carbocycles. The summed E-state index contributed by atoms with van der Waals surface area (Å²) in [5.41, 5.74) is 0.131. The Morgan fingerprint density at radius 3 is 2.71 bits per heavy atom. The van der Waals surface area contributed by atoms with Crippen molar-refractivity contribution in [3.63, 3.8) is 0 Å². The molecular formula is C26H22F2N6O3S. The van der Waals surface area contributed by atoms with Crippen LogP contribution in [0.15, 0.2) is 24.5 Å². The normalized spacial score (nSPS) is 20.0. The van der Waals surface area contributed by atoms with Crippen LogP contribution >= 0.6 is 11.3 Å². The van der Waals surface area contributed by atoms with Crippen LogP contribution in [0.4, 0.5) is 19.7 Å². The molecule has 0 atom stereocenters. The molecular weight excluding hydrogens is 514 g/mol. The van der Waals surface area contributed by atoms with E-state index in [-0.39, 0.29) is 39.4 Å². The molecule has 7 rings (SSSR count). The van der Waals surface area contributed by atoms with E-state index in [1.54, 1.807) is 11.0 Å². The molecule has 4 aliphatic rings. The number of anilines is 2. The Hall–Kier alpha value is -3.98. The van der Waals surface area contributed by atoms with Crippen LogP contribution in [0.5, 0.6) is 5.75 Å². The number of alkyl halides is 2. The molecule has 2 saturated heterocycles. The van der Waals surface area contributed by atoms with Crippen LogP contribution < -0.4 is 15.0 Å². The maximum absolute atomic E-state index is 13.6. The molecule has 0 radical (unpaired) electrons. The molecule has 2 aliphatic heterocycles. The van der Waals surface area contributed by atoms with Crippen molar-refractivity contribution in [2.24, 2.45) is 17.8 Å². The van der Waals surface area contributed by atoms with Gasteiger partial charge in [0.25, 0.3) is 12.3 Å². The van der Waals surface area contributed by atoms with Crippen LogP contribution in [0.3, 0.4) is 0 Å². The van der Waals surface area contributed by atoms with Crippen LogP contribution in [-0.4, -0.2) is 45.6 Å². The number of hydrogen-bond acceptors (Lipinski definition) is 8. The molecule has 3 aromatic heterocycles. The number of nitrogens with one attached hydrogen (secondary N) is 1. The highest BCUT2D eigenvalue weighted by molar-refractivity contribution is 7.15. The number of carbonyl (C=O) groups excluding carboxylic acids is 2. The number of piperidine rings is 2. The van der Waals surface area contributed by atoms with Gasteiger partial charge in [-0.2, -0.15) is 0 Å². The van der Waals surface area contributed by atoms with Crippen LogP contribution in [0.1, 0.15) is 53.2 Å². The van der Waals surface area contributed by atoms with Crippen molar-refractivity contribution in [1.29, 1.82) is 0 Å². The molecule has 38 heavy (non-hydrogen) atoms. The number of methoxy groups -OCH3 is 1. The highest BCUT2D eigenvalue weighted by Crippen LogP contribution is 2.43. The molecule has 0 aromatic carbocycles. The monoisotopic (exact) mass is 536 g/mol. The summed E-state index contributed by atoms with van der Waals surface area (Å²) in [4.78, 5) is 36.1. The van der Waals surface area contributed by atoms with Crippen molar-refractivity contribution in [2.75, 3.05) is 23.9 Å². The summed E-state index contributed by atoms with van der Waals surface area (Å²) in [5.74, 6) is 6.79. The second-order valence-electron chi connectivity index (χ2n) is 9.59. The lowest BCUT2D eigenvalue weighted by molar-refractivity contribution is -0.130. The fourth-order valence-electron chi connectivity index (χ4n) is 4.69. The van der Waals surface area contributed by atoms with E-state index < -0.39 is 18.0 Å². The predicted octanol–water partition coefficient (Wildman–Crippen LogP) is 4.33. The van der Waals surface area contributed by atoms with E-state index in [0.717, 1.165) is 37.0 Å².